The molecule has 0 fully saturated rings. The van der Waals surface area contributed by atoms with Gasteiger partial charge in [-0.05, 0) is 68.5 Å². The van der Waals surface area contributed by atoms with Crippen molar-refractivity contribution in [3.05, 3.63) is 108 Å². The number of Topliss-reactive ketones (excluding diaryl/α,β-unsaturated/α-hetero) is 1. The van der Waals surface area contributed by atoms with Crippen LogP contribution in [0, 0.1) is 16.7 Å². The predicted octanol–water partition coefficient (Wildman–Crippen LogP) is 5.66. The van der Waals surface area contributed by atoms with E-state index in [4.69, 9.17) is 33.4 Å². The van der Waals surface area contributed by atoms with E-state index in [-0.39, 0.29) is 41.7 Å². The quantitative estimate of drug-likeness (QED) is 0.0421. The van der Waals surface area contributed by atoms with Crippen LogP contribution in [0.4, 0.5) is 11.8 Å². The summed E-state index contributed by atoms with van der Waals surface area (Å²) in [4.78, 5) is 74.0. The number of carbonyl (C=O) groups is 4. The van der Waals surface area contributed by atoms with Gasteiger partial charge in [0.1, 0.15) is 35.1 Å². The van der Waals surface area contributed by atoms with Gasteiger partial charge in [-0.2, -0.15) is 5.26 Å². The number of benzene rings is 1. The molecule has 2 amide bonds. The van der Waals surface area contributed by atoms with E-state index in [1.807, 2.05) is 45.6 Å². The second-order valence-electron chi connectivity index (χ2n) is 18.4. The van der Waals surface area contributed by atoms with Crippen molar-refractivity contribution in [1.82, 2.24) is 35.6 Å². The molecule has 0 bridgehead atoms. The van der Waals surface area contributed by atoms with Crippen LogP contribution in [0.2, 0.25) is 0 Å². The molecule has 4 N–H and O–H groups in total. The lowest BCUT2D eigenvalue weighted by atomic mass is 9.88. The van der Waals surface area contributed by atoms with E-state index in [2.05, 4.69) is 42.0 Å². The van der Waals surface area contributed by atoms with Gasteiger partial charge in [-0.25, -0.2) is 29.7 Å². The number of aromatic nitrogens is 5. The van der Waals surface area contributed by atoms with Crippen molar-refractivity contribution in [1.29, 1.82) is 5.26 Å². The largest absolute Gasteiger partial charge is 0.484 e. The first kappa shape index (κ1) is 54.7. The number of carboxylic acids is 1. The molecule has 0 spiro atoms. The van der Waals surface area contributed by atoms with Crippen molar-refractivity contribution < 1.29 is 52.7 Å². The zero-order valence-electron chi connectivity index (χ0n) is 41.7. The fourth-order valence-electron chi connectivity index (χ4n) is 7.23. The molecule has 1 atom stereocenters. The Labute approximate surface area is 424 Å². The van der Waals surface area contributed by atoms with Crippen molar-refractivity contribution in [3.63, 3.8) is 0 Å². The molecule has 0 radical (unpaired) electrons. The summed E-state index contributed by atoms with van der Waals surface area (Å²) in [6.45, 7) is 13.6. The van der Waals surface area contributed by atoms with Crippen LogP contribution in [-0.4, -0.2) is 138 Å². The molecule has 1 aromatic carbocycles. The fourth-order valence-corrected chi connectivity index (χ4v) is 7.23. The number of nitrogens with zero attached hydrogens (tertiary/aromatic N) is 7. The lowest BCUT2D eigenvalue weighted by molar-refractivity contribution is -0.139. The summed E-state index contributed by atoms with van der Waals surface area (Å²) in [6, 6.07) is 17.9. The number of ketones is 1. The Morgan fingerprint density at radius 2 is 1.51 bits per heavy atom. The third-order valence-electron chi connectivity index (χ3n) is 11.3. The Morgan fingerprint density at radius 3 is 2.16 bits per heavy atom. The molecule has 4 aromatic heterocycles. The molecule has 1 aliphatic heterocycles. The van der Waals surface area contributed by atoms with E-state index in [0.29, 0.717) is 130 Å². The molecule has 386 valence electrons. The van der Waals surface area contributed by atoms with Gasteiger partial charge in [-0.3, -0.25) is 14.4 Å². The van der Waals surface area contributed by atoms with Crippen LogP contribution in [-0.2, 0) is 35.1 Å². The van der Waals surface area contributed by atoms with Gasteiger partial charge < -0.3 is 54.4 Å². The Kier molecular flexibility index (Phi) is 20.0. The van der Waals surface area contributed by atoms with E-state index in [1.54, 1.807) is 61.1 Å². The van der Waals surface area contributed by atoms with Crippen LogP contribution in [0.15, 0.2) is 85.5 Å². The molecule has 0 aliphatic carbocycles. The maximum atomic E-state index is 13.3. The number of rotatable bonds is 29. The van der Waals surface area contributed by atoms with E-state index < -0.39 is 23.5 Å². The van der Waals surface area contributed by atoms with Crippen LogP contribution in [0.25, 0.3) is 11.3 Å². The number of anilines is 2. The number of carbonyl (C=O) groups excluding carboxylic acids is 3. The number of nitrogens with one attached hydrogen (secondary N) is 3. The molecule has 6 rings (SSSR count). The van der Waals surface area contributed by atoms with Crippen molar-refractivity contribution in [2.24, 2.45) is 5.41 Å². The molecule has 5 heterocycles. The molecule has 0 saturated heterocycles. The lowest BCUT2D eigenvalue weighted by Gasteiger charge is -2.32. The number of nitriles is 1. The van der Waals surface area contributed by atoms with E-state index in [1.165, 1.54) is 18.3 Å². The average molecular weight is 1000 g/mol. The van der Waals surface area contributed by atoms with E-state index in [9.17, 15) is 29.5 Å². The summed E-state index contributed by atoms with van der Waals surface area (Å²) in [7, 11) is 0. The van der Waals surface area contributed by atoms with Gasteiger partial charge in [0.05, 0.1) is 75.2 Å². The number of fused-ring (bicyclic) bond motifs is 1. The number of carboxylic acid groups (broad SMARTS) is 1. The van der Waals surface area contributed by atoms with Gasteiger partial charge in [0, 0.05) is 67.7 Å². The average Bonchev–Trinajstić information content (AvgIpc) is 3.56. The van der Waals surface area contributed by atoms with Crippen molar-refractivity contribution in [3.8, 4) is 34.7 Å². The maximum Gasteiger partial charge on any atom is 0.326 e. The summed E-state index contributed by atoms with van der Waals surface area (Å²) in [5, 5.41) is 27.5. The molecule has 1 aliphatic rings. The van der Waals surface area contributed by atoms with Crippen molar-refractivity contribution in [2.75, 3.05) is 82.8 Å². The Hall–Kier alpha value is -7.64. The topological polar surface area (TPSA) is 271 Å². The zero-order chi connectivity index (χ0) is 52.2. The summed E-state index contributed by atoms with van der Waals surface area (Å²) in [5.74, 6) is -0.0630. The summed E-state index contributed by atoms with van der Waals surface area (Å²) in [5.41, 5.74) is 2.08. The zero-order valence-corrected chi connectivity index (χ0v) is 41.7. The highest BCUT2D eigenvalue weighted by Gasteiger charge is 2.45. The van der Waals surface area contributed by atoms with Crippen molar-refractivity contribution >= 4 is 35.3 Å². The van der Waals surface area contributed by atoms with E-state index >= 15 is 0 Å². The second-order valence-corrected chi connectivity index (χ2v) is 18.4. The highest BCUT2D eigenvalue weighted by molar-refractivity contribution is 6.13. The normalized spacial score (nSPS) is 13.2. The lowest BCUT2D eigenvalue weighted by Crippen LogP contribution is -2.44. The number of amides is 2. The maximum absolute atomic E-state index is 13.3. The fraction of sp³-hybridized carbons (Fsp3) is 0.423. The number of hydrogen-bond acceptors (Lipinski definition) is 18. The van der Waals surface area contributed by atoms with Gasteiger partial charge >= 0.3 is 5.97 Å². The van der Waals surface area contributed by atoms with Gasteiger partial charge in [0.15, 0.2) is 12.4 Å². The summed E-state index contributed by atoms with van der Waals surface area (Å²) >= 11 is 0. The standard InChI is InChI=1S/C52H62N10O11/c1-51(2,3)16-15-42(49(66)67)61-48(65)35-11-14-45(57-30-35)73-39-10-6-9-38(28-39)72-34-44(63)55-18-20-68-22-24-70-26-27-71-25-23-69-21-19-56-50-58-31-37(32-59-50)41-13-12-40-46(64)52(4,5)62(47(40)60-41)33-36-8-7-17-54-43(36)29-53/h6-14,17,28,30-32,42H,15-16,18-27,33-34H2,1-5H3,(H,55,63)(H,61,65)(H,66,67)(H,56,58,59)/t42-/m0/s1. The van der Waals surface area contributed by atoms with Crippen molar-refractivity contribution in [2.45, 2.75) is 65.6 Å². The Balaban J connectivity index is 0.757. The smallest absolute Gasteiger partial charge is 0.326 e. The Morgan fingerprint density at radius 1 is 0.822 bits per heavy atom. The molecule has 0 saturated carbocycles. The van der Waals surface area contributed by atoms with Gasteiger partial charge in [0.2, 0.25) is 11.8 Å². The number of aliphatic carboxylic acids is 1. The first-order chi connectivity index (χ1) is 35.1. The summed E-state index contributed by atoms with van der Waals surface area (Å²) in [6.07, 6.45) is 7.14. The Bertz CT molecular complexity index is 2670. The number of hydrogen-bond donors (Lipinski definition) is 4. The number of pyridine rings is 3. The number of ether oxygens (including phenoxy) is 6. The molecule has 0 unspecified atom stereocenters. The van der Waals surface area contributed by atoms with Crippen LogP contribution >= 0.6 is 0 Å². The van der Waals surface area contributed by atoms with Gasteiger partial charge in [-0.15, -0.1) is 0 Å². The molecular formula is C52H62N10O11. The molecule has 21 nitrogen and oxygen atoms in total. The van der Waals surface area contributed by atoms with Crippen LogP contribution in [0.5, 0.6) is 17.4 Å². The first-order valence-corrected chi connectivity index (χ1v) is 23.8. The van der Waals surface area contributed by atoms with Crippen LogP contribution in [0.3, 0.4) is 0 Å². The minimum Gasteiger partial charge on any atom is -0.484 e. The van der Waals surface area contributed by atoms with Crippen LogP contribution < -0.4 is 30.3 Å². The second kappa shape index (κ2) is 26.7. The highest BCUT2D eigenvalue weighted by Crippen LogP contribution is 2.40. The predicted molar refractivity (Wildman–Crippen MR) is 267 cm³/mol. The monoisotopic (exact) mass is 1000 g/mol. The van der Waals surface area contributed by atoms with E-state index in [0.717, 1.165) is 0 Å². The molecule has 73 heavy (non-hydrogen) atoms. The molecule has 5 aromatic rings. The first-order valence-electron chi connectivity index (χ1n) is 23.8. The third kappa shape index (κ3) is 16.7. The van der Waals surface area contributed by atoms with Gasteiger partial charge in [0.25, 0.3) is 11.8 Å². The minimum absolute atomic E-state index is 0.0473. The minimum atomic E-state index is -1.10. The summed E-state index contributed by atoms with van der Waals surface area (Å²) < 4.78 is 33.7. The molecular weight excluding hydrogens is 941 g/mol. The van der Waals surface area contributed by atoms with Crippen LogP contribution in [0.1, 0.15) is 79.4 Å². The SMILES string of the molecule is CC(C)(C)CC[C@H](NC(=O)c1ccc(Oc2cccc(OCC(=O)NCCOCCOCCOCCOCCNc3ncc(-c4ccc5c(n4)N(Cc4cccnc4C#N)C(C)(C)C5=O)cn3)c2)nc1)C(=O)O. The molecule has 21 heteroatoms. The highest BCUT2D eigenvalue weighted by atomic mass is 16.6. The third-order valence-corrected chi connectivity index (χ3v) is 11.3. The van der Waals surface area contributed by atoms with Gasteiger partial charge in [-0.1, -0.05) is 32.9 Å².